The molecular weight excluding hydrogens is 454 g/mol. The third kappa shape index (κ3) is 6.82. The Hall–Kier alpha value is -3.36. The molecule has 2 aromatic carbocycles. The molecule has 0 aliphatic carbocycles. The fraction of sp³-hybridized carbons (Fsp3) is 0.320. The van der Waals surface area contributed by atoms with Crippen molar-refractivity contribution in [3.8, 4) is 5.75 Å². The number of nitrogens with one attached hydrogen (secondary N) is 2. The molecule has 4 rings (SSSR count). The second-order valence-corrected chi connectivity index (χ2v) is 7.97. The number of carbonyl (C=O) groups is 1. The van der Waals surface area contributed by atoms with Crippen LogP contribution >= 0.6 is 12.4 Å². The van der Waals surface area contributed by atoms with Crippen molar-refractivity contribution in [2.45, 2.75) is 19.8 Å². The number of rotatable bonds is 9. The minimum absolute atomic E-state index is 0. The summed E-state index contributed by atoms with van der Waals surface area (Å²) in [5, 5.41) is 6.50. The molecule has 2 heterocycles. The third-order valence-electron chi connectivity index (χ3n) is 5.53. The Morgan fingerprint density at radius 1 is 1.00 bits per heavy atom. The molecule has 1 aliphatic heterocycles. The van der Waals surface area contributed by atoms with Crippen LogP contribution in [0.15, 0.2) is 54.7 Å². The minimum atomic E-state index is -0.366. The van der Waals surface area contributed by atoms with Crippen LogP contribution in [0.1, 0.15) is 28.8 Å². The van der Waals surface area contributed by atoms with Gasteiger partial charge in [-0.05, 0) is 81.4 Å². The fourth-order valence-electron chi connectivity index (χ4n) is 3.64. The van der Waals surface area contributed by atoms with E-state index in [1.807, 2.05) is 43.3 Å². The molecule has 0 spiro atoms. The first-order valence-corrected chi connectivity index (χ1v) is 11.1. The second kappa shape index (κ2) is 12.2. The molecule has 34 heavy (non-hydrogen) atoms. The average Bonchev–Trinajstić information content (AvgIpc) is 3.36. The molecule has 1 fully saturated rings. The summed E-state index contributed by atoms with van der Waals surface area (Å²) in [6, 6.07) is 14.8. The number of halogens is 1. The van der Waals surface area contributed by atoms with Crippen LogP contribution in [0.4, 0.5) is 23.1 Å². The lowest BCUT2D eigenvalue weighted by atomic mass is 10.2. The number of carbonyl (C=O) groups excluding carboxylic acids is 1. The van der Waals surface area contributed by atoms with Gasteiger partial charge in [0.1, 0.15) is 18.2 Å². The third-order valence-corrected chi connectivity index (χ3v) is 5.53. The Kier molecular flexibility index (Phi) is 9.07. The minimum Gasteiger partial charge on any atom is -0.492 e. The summed E-state index contributed by atoms with van der Waals surface area (Å²) in [5.41, 5.74) is 3.08. The van der Waals surface area contributed by atoms with Crippen LogP contribution in [0.25, 0.3) is 0 Å². The number of hydrogen-bond acceptors (Lipinski definition) is 8. The molecule has 9 heteroatoms. The number of aryl methyl sites for hydroxylation is 1. The molecule has 0 amide bonds. The lowest BCUT2D eigenvalue weighted by Gasteiger charge is -2.15. The molecule has 2 N–H and O–H groups in total. The van der Waals surface area contributed by atoms with Crippen LogP contribution < -0.4 is 15.4 Å². The van der Waals surface area contributed by atoms with Gasteiger partial charge in [0.25, 0.3) is 0 Å². The van der Waals surface area contributed by atoms with Gasteiger partial charge in [-0.15, -0.1) is 12.4 Å². The summed E-state index contributed by atoms with van der Waals surface area (Å²) in [5.74, 6) is 1.65. The largest absolute Gasteiger partial charge is 0.492 e. The summed E-state index contributed by atoms with van der Waals surface area (Å²) >= 11 is 0. The molecular formula is C25H30ClN5O3. The van der Waals surface area contributed by atoms with Gasteiger partial charge in [0, 0.05) is 29.7 Å². The number of aromatic nitrogens is 2. The van der Waals surface area contributed by atoms with Crippen molar-refractivity contribution in [1.82, 2.24) is 14.9 Å². The number of ether oxygens (including phenoxy) is 2. The normalized spacial score (nSPS) is 13.1. The molecule has 180 valence electrons. The van der Waals surface area contributed by atoms with Gasteiger partial charge in [-0.2, -0.15) is 4.98 Å². The molecule has 1 saturated heterocycles. The molecule has 1 aromatic heterocycles. The molecule has 0 unspecified atom stereocenters. The van der Waals surface area contributed by atoms with Crippen molar-refractivity contribution in [1.29, 1.82) is 0 Å². The van der Waals surface area contributed by atoms with Crippen LogP contribution in [0, 0.1) is 6.92 Å². The number of anilines is 4. The van der Waals surface area contributed by atoms with Gasteiger partial charge in [0.2, 0.25) is 5.95 Å². The Balaban J connectivity index is 0.00000324. The van der Waals surface area contributed by atoms with Gasteiger partial charge in [0.05, 0.1) is 12.7 Å². The second-order valence-electron chi connectivity index (χ2n) is 7.97. The van der Waals surface area contributed by atoms with Crippen molar-refractivity contribution in [2.75, 3.05) is 44.0 Å². The van der Waals surface area contributed by atoms with E-state index in [4.69, 9.17) is 9.47 Å². The van der Waals surface area contributed by atoms with E-state index in [-0.39, 0.29) is 18.4 Å². The van der Waals surface area contributed by atoms with Gasteiger partial charge < -0.3 is 20.1 Å². The first-order chi connectivity index (χ1) is 16.1. The van der Waals surface area contributed by atoms with Crippen molar-refractivity contribution in [3.63, 3.8) is 0 Å². The number of esters is 1. The lowest BCUT2D eigenvalue weighted by Crippen LogP contribution is -2.25. The van der Waals surface area contributed by atoms with Crippen LogP contribution in [-0.2, 0) is 4.74 Å². The standard InChI is InChI=1S/C25H29N5O3.ClH/c1-18-17-26-25(29-23(18)27-20-7-5-19(6-8-20)24(31)32-2)28-21-9-11-22(12-10-21)33-16-15-30-13-3-4-14-30;/h5-12,17H,3-4,13-16H2,1-2H3,(H2,26,27,28,29);1H. The SMILES string of the molecule is COC(=O)c1ccc(Nc2nc(Nc3ccc(OCCN4CCCC4)cc3)ncc2C)cc1.Cl. The molecule has 3 aromatic rings. The number of hydrogen-bond donors (Lipinski definition) is 2. The monoisotopic (exact) mass is 483 g/mol. The van der Waals surface area contributed by atoms with Gasteiger partial charge in [-0.3, -0.25) is 4.90 Å². The summed E-state index contributed by atoms with van der Waals surface area (Å²) in [4.78, 5) is 23.0. The fourth-order valence-corrected chi connectivity index (χ4v) is 3.64. The molecule has 1 aliphatic rings. The quantitative estimate of drug-likeness (QED) is 0.413. The van der Waals surface area contributed by atoms with Crippen LogP contribution in [0.3, 0.4) is 0 Å². The zero-order chi connectivity index (χ0) is 23.0. The average molecular weight is 484 g/mol. The first-order valence-electron chi connectivity index (χ1n) is 11.1. The maximum atomic E-state index is 11.6. The number of likely N-dealkylation sites (tertiary alicyclic amines) is 1. The summed E-state index contributed by atoms with van der Waals surface area (Å²) < 4.78 is 10.6. The Bertz CT molecular complexity index is 1070. The Morgan fingerprint density at radius 2 is 1.65 bits per heavy atom. The van der Waals surface area contributed by atoms with Crippen molar-refractivity contribution >= 4 is 41.5 Å². The number of methoxy groups -OCH3 is 1. The van der Waals surface area contributed by atoms with E-state index in [1.165, 1.54) is 33.0 Å². The van der Waals surface area contributed by atoms with E-state index < -0.39 is 0 Å². The smallest absolute Gasteiger partial charge is 0.337 e. The Morgan fingerprint density at radius 3 is 2.32 bits per heavy atom. The van der Waals surface area contributed by atoms with Crippen LogP contribution in [0.5, 0.6) is 5.75 Å². The molecule has 0 atom stereocenters. The molecule has 0 radical (unpaired) electrons. The molecule has 0 bridgehead atoms. The van der Waals surface area contributed by atoms with Gasteiger partial charge in [-0.1, -0.05) is 0 Å². The summed E-state index contributed by atoms with van der Waals surface area (Å²) in [7, 11) is 1.36. The highest BCUT2D eigenvalue weighted by atomic mass is 35.5. The Labute approximate surface area is 206 Å². The van der Waals surface area contributed by atoms with Gasteiger partial charge in [-0.25, -0.2) is 9.78 Å². The van der Waals surface area contributed by atoms with Crippen LogP contribution in [-0.4, -0.2) is 54.2 Å². The number of nitrogens with zero attached hydrogens (tertiary/aromatic N) is 3. The lowest BCUT2D eigenvalue weighted by molar-refractivity contribution is 0.0601. The molecule has 8 nitrogen and oxygen atoms in total. The summed E-state index contributed by atoms with van der Waals surface area (Å²) in [6.07, 6.45) is 4.34. The predicted octanol–water partition coefficient (Wildman–Crippen LogP) is 4.96. The van der Waals surface area contributed by atoms with E-state index in [9.17, 15) is 4.79 Å². The molecule has 0 saturated carbocycles. The summed E-state index contributed by atoms with van der Waals surface area (Å²) in [6.45, 7) is 5.96. The van der Waals surface area contributed by atoms with E-state index in [2.05, 4.69) is 25.5 Å². The van der Waals surface area contributed by atoms with Gasteiger partial charge in [0.15, 0.2) is 0 Å². The van der Waals surface area contributed by atoms with E-state index in [0.29, 0.717) is 23.9 Å². The zero-order valence-electron chi connectivity index (χ0n) is 19.4. The van der Waals surface area contributed by atoms with Gasteiger partial charge >= 0.3 is 5.97 Å². The maximum absolute atomic E-state index is 11.6. The van der Waals surface area contributed by atoms with Crippen LogP contribution in [0.2, 0.25) is 0 Å². The van der Waals surface area contributed by atoms with Crippen molar-refractivity contribution < 1.29 is 14.3 Å². The number of benzene rings is 2. The van der Waals surface area contributed by atoms with Crippen molar-refractivity contribution in [3.05, 3.63) is 65.9 Å². The zero-order valence-corrected chi connectivity index (χ0v) is 20.2. The first kappa shape index (κ1) is 25.3. The topological polar surface area (TPSA) is 88.6 Å². The highest BCUT2D eigenvalue weighted by Gasteiger charge is 2.11. The predicted molar refractivity (Wildman–Crippen MR) is 136 cm³/mol. The van der Waals surface area contributed by atoms with E-state index in [0.717, 1.165) is 29.2 Å². The highest BCUT2D eigenvalue weighted by Crippen LogP contribution is 2.23. The maximum Gasteiger partial charge on any atom is 0.337 e. The highest BCUT2D eigenvalue weighted by molar-refractivity contribution is 5.89. The van der Waals surface area contributed by atoms with E-state index >= 15 is 0 Å². The van der Waals surface area contributed by atoms with Crippen molar-refractivity contribution in [2.24, 2.45) is 0 Å². The van der Waals surface area contributed by atoms with E-state index in [1.54, 1.807) is 18.3 Å².